The summed E-state index contributed by atoms with van der Waals surface area (Å²) in [6.07, 6.45) is -4.52. The van der Waals surface area contributed by atoms with Crippen molar-refractivity contribution in [2.75, 3.05) is 6.54 Å². The van der Waals surface area contributed by atoms with Gasteiger partial charge < -0.3 is 0 Å². The molecule has 1 aromatic carbocycles. The first-order valence-electron chi connectivity index (χ1n) is 6.60. The van der Waals surface area contributed by atoms with Crippen LogP contribution in [0.2, 0.25) is 0 Å². The first kappa shape index (κ1) is 16.8. The Hall–Kier alpha value is -2.05. The van der Waals surface area contributed by atoms with Gasteiger partial charge in [0.15, 0.2) is 0 Å². The molecule has 7 nitrogen and oxygen atoms in total. The summed E-state index contributed by atoms with van der Waals surface area (Å²) in [7, 11) is -3.67. The second-order valence-corrected chi connectivity index (χ2v) is 7.48. The molecule has 3 aromatic rings. The molecule has 0 aliphatic carbocycles. The molecule has 3 rings (SSSR count). The van der Waals surface area contributed by atoms with Crippen molar-refractivity contribution in [1.29, 1.82) is 0 Å². The number of hydrogen-bond acceptors (Lipinski definition) is 6. The summed E-state index contributed by atoms with van der Waals surface area (Å²) in [5, 5.41) is 10.6. The molecule has 0 unspecified atom stereocenters. The molecule has 0 spiro atoms. The van der Waals surface area contributed by atoms with E-state index >= 15 is 0 Å². The smallest absolute Gasteiger partial charge is 0.211 e. The zero-order valence-corrected chi connectivity index (χ0v) is 13.5. The molecule has 0 saturated carbocycles. The number of benzene rings is 1. The Morgan fingerprint density at radius 3 is 2.54 bits per heavy atom. The molecule has 0 aliphatic heterocycles. The van der Waals surface area contributed by atoms with Crippen molar-refractivity contribution in [3.05, 3.63) is 41.2 Å². The van der Waals surface area contributed by atoms with Gasteiger partial charge in [-0.05, 0) is 12.1 Å². The summed E-state index contributed by atoms with van der Waals surface area (Å²) in [5.41, 5.74) is 0. The number of alkyl halides is 3. The summed E-state index contributed by atoms with van der Waals surface area (Å²) < 4.78 is 65.2. The quantitative estimate of drug-likeness (QED) is 0.731. The Kier molecular flexibility index (Phi) is 4.27. The standard InChI is InChI=1S/C12H10F3N5O2S2/c13-12(14,15)10-17-18-11-20(10)19-9(23-11)6-7-16-24(21,22)8-4-2-1-3-5-8/h1-5,16H,6-7H2. The van der Waals surface area contributed by atoms with Gasteiger partial charge in [0.1, 0.15) is 5.01 Å². The van der Waals surface area contributed by atoms with Gasteiger partial charge in [0.05, 0.1) is 4.90 Å². The minimum atomic E-state index is -4.65. The maximum atomic E-state index is 12.7. The van der Waals surface area contributed by atoms with E-state index in [9.17, 15) is 21.6 Å². The average molecular weight is 377 g/mol. The van der Waals surface area contributed by atoms with E-state index in [-0.39, 0.29) is 22.8 Å². The summed E-state index contributed by atoms with van der Waals surface area (Å²) in [5.74, 6) is -1.20. The number of sulfonamides is 1. The third-order valence-electron chi connectivity index (χ3n) is 2.97. The van der Waals surface area contributed by atoms with E-state index < -0.39 is 22.0 Å². The highest BCUT2D eigenvalue weighted by Crippen LogP contribution is 2.28. The van der Waals surface area contributed by atoms with Crippen molar-refractivity contribution in [3.63, 3.8) is 0 Å². The summed E-state index contributed by atoms with van der Waals surface area (Å²) in [6.45, 7) is 0.00265. The van der Waals surface area contributed by atoms with E-state index in [1.165, 1.54) is 12.1 Å². The minimum Gasteiger partial charge on any atom is -0.211 e. The maximum absolute atomic E-state index is 12.7. The van der Waals surface area contributed by atoms with E-state index in [1.54, 1.807) is 18.2 Å². The molecular weight excluding hydrogens is 367 g/mol. The fourth-order valence-corrected chi connectivity index (χ4v) is 3.80. The van der Waals surface area contributed by atoms with E-state index in [0.29, 0.717) is 9.52 Å². The van der Waals surface area contributed by atoms with Crippen molar-refractivity contribution < 1.29 is 21.6 Å². The SMILES string of the molecule is O=S(=O)(NCCc1nn2c(C(F)(F)F)nnc2s1)c1ccccc1. The molecule has 128 valence electrons. The first-order chi connectivity index (χ1) is 11.3. The lowest BCUT2D eigenvalue weighted by Crippen LogP contribution is -2.26. The monoisotopic (exact) mass is 377 g/mol. The number of nitrogens with one attached hydrogen (secondary N) is 1. The molecular formula is C12H10F3N5O2S2. The van der Waals surface area contributed by atoms with E-state index in [4.69, 9.17) is 0 Å². The molecule has 0 fully saturated rings. The van der Waals surface area contributed by atoms with Gasteiger partial charge in [-0.2, -0.15) is 22.8 Å². The molecule has 0 aliphatic rings. The van der Waals surface area contributed by atoms with Crippen LogP contribution in [0, 0.1) is 0 Å². The molecule has 1 N–H and O–H groups in total. The molecule has 0 amide bonds. The summed E-state index contributed by atoms with van der Waals surface area (Å²) in [4.78, 5) is 0.116. The van der Waals surface area contributed by atoms with Gasteiger partial charge in [-0.25, -0.2) is 13.1 Å². The first-order valence-corrected chi connectivity index (χ1v) is 8.90. The molecule has 2 heterocycles. The van der Waals surface area contributed by atoms with Crippen LogP contribution in [0.25, 0.3) is 4.96 Å². The van der Waals surface area contributed by atoms with Gasteiger partial charge in [-0.15, -0.1) is 10.2 Å². The number of halogens is 3. The van der Waals surface area contributed by atoms with Crippen LogP contribution >= 0.6 is 11.3 Å². The van der Waals surface area contributed by atoms with Crippen LogP contribution in [0.15, 0.2) is 35.2 Å². The number of fused-ring (bicyclic) bond motifs is 1. The molecule has 0 saturated heterocycles. The minimum absolute atomic E-state index is 0.00265. The number of rotatable bonds is 5. The van der Waals surface area contributed by atoms with Gasteiger partial charge in [0.2, 0.25) is 15.0 Å². The Morgan fingerprint density at radius 1 is 1.17 bits per heavy atom. The van der Waals surface area contributed by atoms with Gasteiger partial charge in [-0.3, -0.25) is 0 Å². The van der Waals surface area contributed by atoms with Crippen molar-refractivity contribution >= 4 is 26.3 Å². The Bertz CT molecular complexity index is 950. The average Bonchev–Trinajstić information content (AvgIpc) is 3.07. The van der Waals surface area contributed by atoms with Gasteiger partial charge in [-0.1, -0.05) is 29.5 Å². The van der Waals surface area contributed by atoms with Gasteiger partial charge in [0, 0.05) is 13.0 Å². The van der Waals surface area contributed by atoms with Crippen molar-refractivity contribution in [2.24, 2.45) is 0 Å². The molecule has 0 atom stereocenters. The van der Waals surface area contributed by atoms with Crippen LogP contribution < -0.4 is 4.72 Å². The zero-order chi connectivity index (χ0) is 17.4. The molecule has 12 heteroatoms. The van der Waals surface area contributed by atoms with Crippen LogP contribution in [0.5, 0.6) is 0 Å². The zero-order valence-electron chi connectivity index (χ0n) is 11.9. The van der Waals surface area contributed by atoms with Gasteiger partial charge >= 0.3 is 6.18 Å². The number of nitrogens with zero attached hydrogens (tertiary/aromatic N) is 4. The lowest BCUT2D eigenvalue weighted by molar-refractivity contribution is -0.146. The van der Waals surface area contributed by atoms with E-state index in [0.717, 1.165) is 11.3 Å². The maximum Gasteiger partial charge on any atom is 0.453 e. The van der Waals surface area contributed by atoms with Crippen molar-refractivity contribution in [1.82, 2.24) is 24.5 Å². The van der Waals surface area contributed by atoms with Crippen LogP contribution in [-0.2, 0) is 22.6 Å². The second kappa shape index (κ2) is 6.11. The lowest BCUT2D eigenvalue weighted by Gasteiger charge is -2.05. The van der Waals surface area contributed by atoms with E-state index in [2.05, 4.69) is 20.0 Å². The largest absolute Gasteiger partial charge is 0.453 e. The van der Waals surface area contributed by atoms with E-state index in [1.807, 2.05) is 0 Å². The van der Waals surface area contributed by atoms with Crippen LogP contribution in [0.4, 0.5) is 13.2 Å². The molecule has 2 aromatic heterocycles. The fourth-order valence-electron chi connectivity index (χ4n) is 1.91. The normalized spacial score (nSPS) is 12.8. The van der Waals surface area contributed by atoms with Crippen LogP contribution in [0.1, 0.15) is 10.8 Å². The highest BCUT2D eigenvalue weighted by Gasteiger charge is 2.38. The Labute approximate surface area is 138 Å². The Balaban J connectivity index is 1.69. The summed E-state index contributed by atoms with van der Waals surface area (Å²) >= 11 is 0.924. The molecule has 24 heavy (non-hydrogen) atoms. The number of hydrogen-bond donors (Lipinski definition) is 1. The van der Waals surface area contributed by atoms with Crippen LogP contribution in [-0.4, -0.2) is 34.8 Å². The van der Waals surface area contributed by atoms with Crippen LogP contribution in [0.3, 0.4) is 0 Å². The Morgan fingerprint density at radius 2 is 1.88 bits per heavy atom. The molecule has 0 radical (unpaired) electrons. The highest BCUT2D eigenvalue weighted by atomic mass is 32.2. The second-order valence-electron chi connectivity index (χ2n) is 4.67. The fraction of sp³-hybridized carbons (Fsp3) is 0.250. The third-order valence-corrected chi connectivity index (χ3v) is 5.41. The summed E-state index contributed by atoms with van der Waals surface area (Å²) in [6, 6.07) is 7.77. The van der Waals surface area contributed by atoms with Crippen molar-refractivity contribution in [2.45, 2.75) is 17.5 Å². The third kappa shape index (κ3) is 3.39. The highest BCUT2D eigenvalue weighted by molar-refractivity contribution is 7.89. The lowest BCUT2D eigenvalue weighted by atomic mass is 10.4. The predicted octanol–water partition coefficient (Wildman–Crippen LogP) is 1.73. The number of aromatic nitrogens is 4. The van der Waals surface area contributed by atoms with Gasteiger partial charge in [0.25, 0.3) is 5.82 Å². The topological polar surface area (TPSA) is 89.2 Å². The predicted molar refractivity (Wildman–Crippen MR) is 79.0 cm³/mol. The molecule has 0 bridgehead atoms. The van der Waals surface area contributed by atoms with Crippen molar-refractivity contribution in [3.8, 4) is 0 Å².